The number of nitrogens with one attached hydrogen (secondary N) is 1. The predicted molar refractivity (Wildman–Crippen MR) is 110 cm³/mol. The topological polar surface area (TPSA) is 59.4 Å². The zero-order chi connectivity index (χ0) is 21.8. The normalized spacial score (nSPS) is 14.5. The molecule has 1 aromatic heterocycles. The molecule has 31 heavy (non-hydrogen) atoms. The molecule has 2 heterocycles. The minimum atomic E-state index is -4.50. The molecule has 1 aliphatic heterocycles. The fraction of sp³-hybridized carbons (Fsp3) is 0.273. The molecule has 0 unspecified atom stereocenters. The van der Waals surface area contributed by atoms with Gasteiger partial charge < -0.3 is 15.0 Å². The van der Waals surface area contributed by atoms with E-state index in [0.29, 0.717) is 37.6 Å². The number of amides is 1. The molecule has 4 rings (SSSR count). The summed E-state index contributed by atoms with van der Waals surface area (Å²) >= 11 is 0. The molecule has 0 radical (unpaired) electrons. The number of rotatable bonds is 5. The van der Waals surface area contributed by atoms with Crippen LogP contribution < -0.4 is 10.2 Å². The number of para-hydroxylation sites is 1. The standard InChI is InChI=1S/C22H21F3N4O2/c23-22(24,25)17-6-7-20(28-8-10-31-11-9-28)19(13-17)27-21(30)12-16-14-26-29(15-16)18-4-2-1-3-5-18/h1-7,13-15H,8-12H2,(H,27,30). The molecule has 162 valence electrons. The number of halogens is 3. The summed E-state index contributed by atoms with van der Waals surface area (Å²) in [6.45, 7) is 2.04. The van der Waals surface area contributed by atoms with Gasteiger partial charge in [-0.3, -0.25) is 4.79 Å². The van der Waals surface area contributed by atoms with Crippen LogP contribution in [0.5, 0.6) is 0 Å². The monoisotopic (exact) mass is 430 g/mol. The molecule has 1 N–H and O–H groups in total. The summed E-state index contributed by atoms with van der Waals surface area (Å²) < 4.78 is 46.7. The van der Waals surface area contributed by atoms with E-state index in [1.54, 1.807) is 17.1 Å². The lowest BCUT2D eigenvalue weighted by atomic mass is 10.1. The average molecular weight is 430 g/mol. The SMILES string of the molecule is O=C(Cc1cnn(-c2ccccc2)c1)Nc1cc(C(F)(F)F)ccc1N1CCOCC1. The van der Waals surface area contributed by atoms with Crippen LogP contribution in [-0.2, 0) is 22.1 Å². The van der Waals surface area contributed by atoms with Gasteiger partial charge >= 0.3 is 6.18 Å². The Morgan fingerprint density at radius 1 is 1.10 bits per heavy atom. The van der Waals surface area contributed by atoms with Crippen molar-refractivity contribution in [1.29, 1.82) is 0 Å². The molecule has 0 spiro atoms. The van der Waals surface area contributed by atoms with Crippen LogP contribution in [-0.4, -0.2) is 42.0 Å². The molecule has 1 saturated heterocycles. The van der Waals surface area contributed by atoms with Crippen LogP contribution in [0.2, 0.25) is 0 Å². The Morgan fingerprint density at radius 2 is 1.84 bits per heavy atom. The molecule has 1 amide bonds. The fourth-order valence-corrected chi connectivity index (χ4v) is 3.45. The van der Waals surface area contributed by atoms with Gasteiger partial charge in [0.15, 0.2) is 0 Å². The van der Waals surface area contributed by atoms with E-state index in [2.05, 4.69) is 10.4 Å². The lowest BCUT2D eigenvalue weighted by molar-refractivity contribution is -0.137. The second-order valence-corrected chi connectivity index (χ2v) is 7.18. The molecule has 0 saturated carbocycles. The number of aromatic nitrogens is 2. The third-order valence-corrected chi connectivity index (χ3v) is 4.97. The molecule has 0 aliphatic carbocycles. The summed E-state index contributed by atoms with van der Waals surface area (Å²) in [6, 6.07) is 12.8. The van der Waals surface area contributed by atoms with Crippen LogP contribution in [0, 0.1) is 0 Å². The first kappa shape index (κ1) is 20.9. The lowest BCUT2D eigenvalue weighted by Gasteiger charge is -2.31. The number of anilines is 2. The summed E-state index contributed by atoms with van der Waals surface area (Å²) in [4.78, 5) is 14.6. The van der Waals surface area contributed by atoms with Crippen molar-refractivity contribution < 1.29 is 22.7 Å². The minimum absolute atomic E-state index is 0.00830. The molecule has 1 aliphatic rings. The van der Waals surface area contributed by atoms with Gasteiger partial charge in [0.2, 0.25) is 5.91 Å². The number of carbonyl (C=O) groups excluding carboxylic acids is 1. The average Bonchev–Trinajstić information content (AvgIpc) is 3.22. The van der Waals surface area contributed by atoms with Gasteiger partial charge in [-0.25, -0.2) is 4.68 Å². The first-order valence-corrected chi connectivity index (χ1v) is 9.83. The fourth-order valence-electron chi connectivity index (χ4n) is 3.45. The molecular formula is C22H21F3N4O2. The third-order valence-electron chi connectivity index (χ3n) is 4.97. The van der Waals surface area contributed by atoms with Gasteiger partial charge in [0.1, 0.15) is 0 Å². The van der Waals surface area contributed by atoms with Gasteiger partial charge in [-0.15, -0.1) is 0 Å². The van der Waals surface area contributed by atoms with Gasteiger partial charge in [-0.1, -0.05) is 18.2 Å². The van der Waals surface area contributed by atoms with Crippen LogP contribution in [0.15, 0.2) is 60.9 Å². The van der Waals surface area contributed by atoms with E-state index in [9.17, 15) is 18.0 Å². The summed E-state index contributed by atoms with van der Waals surface area (Å²) in [5.74, 6) is -0.415. The maximum atomic E-state index is 13.2. The first-order valence-electron chi connectivity index (χ1n) is 9.83. The van der Waals surface area contributed by atoms with E-state index in [4.69, 9.17) is 4.74 Å². The van der Waals surface area contributed by atoms with Crippen molar-refractivity contribution >= 4 is 17.3 Å². The third kappa shape index (κ3) is 5.05. The predicted octanol–water partition coefficient (Wildman–Crippen LogP) is 3.91. The number of nitrogens with zero attached hydrogens (tertiary/aromatic N) is 3. The van der Waals surface area contributed by atoms with Crippen molar-refractivity contribution in [3.05, 3.63) is 72.1 Å². The molecular weight excluding hydrogens is 409 g/mol. The Labute approximate surface area is 177 Å². The molecule has 3 aromatic rings. The van der Waals surface area contributed by atoms with Gasteiger partial charge in [-0.2, -0.15) is 18.3 Å². The van der Waals surface area contributed by atoms with Crippen LogP contribution in [0.25, 0.3) is 5.69 Å². The van der Waals surface area contributed by atoms with Crippen molar-refractivity contribution in [3.8, 4) is 5.69 Å². The summed E-state index contributed by atoms with van der Waals surface area (Å²) in [5.41, 5.74) is 1.38. The van der Waals surface area contributed by atoms with Crippen LogP contribution >= 0.6 is 0 Å². The second kappa shape index (κ2) is 8.81. The molecule has 6 nitrogen and oxygen atoms in total. The smallest absolute Gasteiger partial charge is 0.378 e. The van der Waals surface area contributed by atoms with Gasteiger partial charge in [0, 0.05) is 19.3 Å². The van der Waals surface area contributed by atoms with Gasteiger partial charge in [-0.05, 0) is 35.9 Å². The maximum Gasteiger partial charge on any atom is 0.416 e. The summed E-state index contributed by atoms with van der Waals surface area (Å²) in [6.07, 6.45) is -1.21. The lowest BCUT2D eigenvalue weighted by Crippen LogP contribution is -2.37. The van der Waals surface area contributed by atoms with E-state index in [-0.39, 0.29) is 12.1 Å². The van der Waals surface area contributed by atoms with E-state index in [1.807, 2.05) is 35.2 Å². The van der Waals surface area contributed by atoms with E-state index in [1.165, 1.54) is 6.07 Å². The van der Waals surface area contributed by atoms with Crippen LogP contribution in [0.4, 0.5) is 24.5 Å². The highest BCUT2D eigenvalue weighted by Gasteiger charge is 2.32. The number of alkyl halides is 3. The van der Waals surface area contributed by atoms with E-state index >= 15 is 0 Å². The zero-order valence-corrected chi connectivity index (χ0v) is 16.6. The highest BCUT2D eigenvalue weighted by atomic mass is 19.4. The summed E-state index contributed by atoms with van der Waals surface area (Å²) in [7, 11) is 0. The van der Waals surface area contributed by atoms with Crippen molar-refractivity contribution in [3.63, 3.8) is 0 Å². The largest absolute Gasteiger partial charge is 0.416 e. The Morgan fingerprint density at radius 3 is 2.55 bits per heavy atom. The minimum Gasteiger partial charge on any atom is -0.378 e. The van der Waals surface area contributed by atoms with Crippen molar-refractivity contribution in [1.82, 2.24) is 9.78 Å². The molecule has 9 heteroatoms. The Kier molecular flexibility index (Phi) is 5.94. The van der Waals surface area contributed by atoms with E-state index in [0.717, 1.165) is 17.8 Å². The first-order chi connectivity index (χ1) is 14.9. The highest BCUT2D eigenvalue weighted by molar-refractivity contribution is 5.95. The number of hydrogen-bond donors (Lipinski definition) is 1. The van der Waals surface area contributed by atoms with Crippen LogP contribution in [0.1, 0.15) is 11.1 Å². The quantitative estimate of drug-likeness (QED) is 0.667. The van der Waals surface area contributed by atoms with Crippen molar-refractivity contribution in [2.75, 3.05) is 36.5 Å². The van der Waals surface area contributed by atoms with E-state index < -0.39 is 17.6 Å². The molecule has 0 atom stereocenters. The van der Waals surface area contributed by atoms with Gasteiger partial charge in [0.05, 0.1) is 48.5 Å². The van der Waals surface area contributed by atoms with Crippen molar-refractivity contribution in [2.45, 2.75) is 12.6 Å². The number of hydrogen-bond acceptors (Lipinski definition) is 4. The number of carbonyl (C=O) groups is 1. The number of morpholine rings is 1. The Balaban J connectivity index is 1.53. The highest BCUT2D eigenvalue weighted by Crippen LogP contribution is 2.35. The Bertz CT molecular complexity index is 1040. The number of benzene rings is 2. The Hall–Kier alpha value is -3.33. The second-order valence-electron chi connectivity index (χ2n) is 7.18. The van der Waals surface area contributed by atoms with Crippen molar-refractivity contribution in [2.24, 2.45) is 0 Å². The zero-order valence-electron chi connectivity index (χ0n) is 16.6. The molecule has 2 aromatic carbocycles. The maximum absolute atomic E-state index is 13.2. The molecule has 0 bridgehead atoms. The van der Waals surface area contributed by atoms with Crippen LogP contribution in [0.3, 0.4) is 0 Å². The summed E-state index contributed by atoms with van der Waals surface area (Å²) in [5, 5.41) is 6.91. The molecule has 1 fully saturated rings. The number of ether oxygens (including phenoxy) is 1. The van der Waals surface area contributed by atoms with Gasteiger partial charge in [0.25, 0.3) is 0 Å².